The van der Waals surface area contributed by atoms with Gasteiger partial charge in [0.1, 0.15) is 0 Å². The Morgan fingerprint density at radius 3 is 2.71 bits per heavy atom. The zero-order chi connectivity index (χ0) is 12.3. The van der Waals surface area contributed by atoms with Crippen molar-refractivity contribution in [3.63, 3.8) is 0 Å². The monoisotopic (exact) mass is 241 g/mol. The lowest BCUT2D eigenvalue weighted by atomic mass is 10.1. The molecule has 98 valence electrons. The van der Waals surface area contributed by atoms with Gasteiger partial charge in [0, 0.05) is 32.2 Å². The van der Waals surface area contributed by atoms with Crippen LogP contribution in [0.25, 0.3) is 0 Å². The Hall–Kier alpha value is -0.650. The zero-order valence-corrected chi connectivity index (χ0v) is 10.6. The number of ether oxygens (including phenoxy) is 1. The lowest BCUT2D eigenvalue weighted by Gasteiger charge is -2.34. The van der Waals surface area contributed by atoms with Crippen LogP contribution in [0.3, 0.4) is 0 Å². The van der Waals surface area contributed by atoms with E-state index in [0.717, 1.165) is 39.0 Å². The zero-order valence-electron chi connectivity index (χ0n) is 10.6. The van der Waals surface area contributed by atoms with Gasteiger partial charge in [-0.1, -0.05) is 0 Å². The maximum absolute atomic E-state index is 12.1. The first-order valence-electron chi connectivity index (χ1n) is 6.52. The predicted octanol–water partition coefficient (Wildman–Crippen LogP) is -0.343. The number of morpholine rings is 1. The molecule has 2 fully saturated rings. The van der Waals surface area contributed by atoms with Crippen LogP contribution in [0.4, 0.5) is 0 Å². The number of carbonyl (C=O) groups is 1. The first kappa shape index (κ1) is 12.8. The molecule has 2 N–H and O–H groups in total. The number of amides is 1. The first-order chi connectivity index (χ1) is 8.15. The van der Waals surface area contributed by atoms with Crippen molar-refractivity contribution in [1.29, 1.82) is 0 Å². The molecule has 2 aliphatic rings. The summed E-state index contributed by atoms with van der Waals surface area (Å²) in [7, 11) is 0. The van der Waals surface area contributed by atoms with Gasteiger partial charge in [0.25, 0.3) is 0 Å². The van der Waals surface area contributed by atoms with Gasteiger partial charge in [-0.15, -0.1) is 0 Å². The Kier molecular flexibility index (Phi) is 4.36. The molecule has 2 heterocycles. The summed E-state index contributed by atoms with van der Waals surface area (Å²) >= 11 is 0. The van der Waals surface area contributed by atoms with Gasteiger partial charge >= 0.3 is 0 Å². The quantitative estimate of drug-likeness (QED) is 0.718. The Bertz CT molecular complexity index is 264. The molecular formula is C12H23N3O2. The van der Waals surface area contributed by atoms with Gasteiger partial charge < -0.3 is 15.4 Å². The predicted molar refractivity (Wildman–Crippen MR) is 65.6 cm³/mol. The second kappa shape index (κ2) is 5.80. The number of carbonyl (C=O) groups excluding carboxylic acids is 1. The molecule has 0 spiro atoms. The van der Waals surface area contributed by atoms with Gasteiger partial charge in [-0.2, -0.15) is 0 Å². The maximum atomic E-state index is 12.1. The second-order valence-corrected chi connectivity index (χ2v) is 5.13. The SMILES string of the molecule is CC1CN(C(=O)CN2CCC(N)CC2)CCO1. The van der Waals surface area contributed by atoms with Crippen molar-refractivity contribution in [2.24, 2.45) is 5.73 Å². The van der Waals surface area contributed by atoms with Gasteiger partial charge in [-0.25, -0.2) is 0 Å². The number of hydrogen-bond acceptors (Lipinski definition) is 4. The molecule has 0 radical (unpaired) electrons. The minimum absolute atomic E-state index is 0.169. The van der Waals surface area contributed by atoms with Crippen LogP contribution in [-0.2, 0) is 9.53 Å². The fraction of sp³-hybridized carbons (Fsp3) is 0.917. The van der Waals surface area contributed by atoms with E-state index in [0.29, 0.717) is 19.2 Å². The van der Waals surface area contributed by atoms with Crippen molar-refractivity contribution in [3.05, 3.63) is 0 Å². The lowest BCUT2D eigenvalue weighted by Crippen LogP contribution is -2.50. The average molecular weight is 241 g/mol. The number of piperidine rings is 1. The number of nitrogens with two attached hydrogens (primary N) is 1. The highest BCUT2D eigenvalue weighted by atomic mass is 16.5. The molecule has 0 saturated carbocycles. The van der Waals surface area contributed by atoms with Crippen LogP contribution in [0.2, 0.25) is 0 Å². The first-order valence-corrected chi connectivity index (χ1v) is 6.52. The molecule has 5 nitrogen and oxygen atoms in total. The van der Waals surface area contributed by atoms with Gasteiger partial charge in [-0.3, -0.25) is 9.69 Å². The third kappa shape index (κ3) is 3.66. The highest BCUT2D eigenvalue weighted by molar-refractivity contribution is 5.78. The molecule has 0 aliphatic carbocycles. The molecule has 1 unspecified atom stereocenters. The molecule has 2 rings (SSSR count). The van der Waals surface area contributed by atoms with Crippen LogP contribution in [-0.4, -0.2) is 67.2 Å². The normalized spacial score (nSPS) is 28.4. The van der Waals surface area contributed by atoms with Crippen molar-refractivity contribution < 1.29 is 9.53 Å². The molecule has 0 aromatic carbocycles. The van der Waals surface area contributed by atoms with Crippen molar-refractivity contribution >= 4 is 5.91 Å². The third-order valence-corrected chi connectivity index (χ3v) is 3.58. The maximum Gasteiger partial charge on any atom is 0.236 e. The minimum atomic E-state index is 0.169. The van der Waals surface area contributed by atoms with Gasteiger partial charge in [0.2, 0.25) is 5.91 Å². The van der Waals surface area contributed by atoms with E-state index in [1.165, 1.54) is 0 Å². The summed E-state index contributed by atoms with van der Waals surface area (Å²) in [5, 5.41) is 0. The van der Waals surface area contributed by atoms with Gasteiger partial charge in [0.15, 0.2) is 0 Å². The van der Waals surface area contributed by atoms with E-state index in [4.69, 9.17) is 10.5 Å². The summed E-state index contributed by atoms with van der Waals surface area (Å²) in [4.78, 5) is 16.2. The van der Waals surface area contributed by atoms with E-state index < -0.39 is 0 Å². The van der Waals surface area contributed by atoms with Crippen LogP contribution in [0.5, 0.6) is 0 Å². The van der Waals surface area contributed by atoms with E-state index >= 15 is 0 Å². The Balaban J connectivity index is 1.76. The largest absolute Gasteiger partial charge is 0.375 e. The number of rotatable bonds is 2. The summed E-state index contributed by atoms with van der Waals surface area (Å²) in [5.74, 6) is 0.232. The van der Waals surface area contributed by atoms with Crippen molar-refractivity contribution in [3.8, 4) is 0 Å². The van der Waals surface area contributed by atoms with E-state index in [1.807, 2.05) is 11.8 Å². The molecule has 17 heavy (non-hydrogen) atoms. The molecule has 5 heteroatoms. The fourth-order valence-electron chi connectivity index (χ4n) is 2.45. The van der Waals surface area contributed by atoms with Crippen LogP contribution >= 0.6 is 0 Å². The number of nitrogens with zero attached hydrogens (tertiary/aromatic N) is 2. The van der Waals surface area contributed by atoms with Crippen LogP contribution in [0.15, 0.2) is 0 Å². The summed E-state index contributed by atoms with van der Waals surface area (Å²) < 4.78 is 5.44. The highest BCUT2D eigenvalue weighted by Crippen LogP contribution is 2.10. The van der Waals surface area contributed by atoms with Crippen molar-refractivity contribution in [2.75, 3.05) is 39.3 Å². The summed E-state index contributed by atoms with van der Waals surface area (Å²) in [6.45, 7) is 6.58. The van der Waals surface area contributed by atoms with E-state index in [1.54, 1.807) is 0 Å². The van der Waals surface area contributed by atoms with Crippen LogP contribution < -0.4 is 5.73 Å². The minimum Gasteiger partial charge on any atom is -0.375 e. The van der Waals surface area contributed by atoms with E-state index in [-0.39, 0.29) is 12.0 Å². The highest BCUT2D eigenvalue weighted by Gasteiger charge is 2.24. The molecule has 2 aliphatic heterocycles. The lowest BCUT2D eigenvalue weighted by molar-refractivity contribution is -0.139. The van der Waals surface area contributed by atoms with Crippen LogP contribution in [0.1, 0.15) is 19.8 Å². The molecule has 0 bridgehead atoms. The Labute approximate surface area is 103 Å². The Morgan fingerprint density at radius 2 is 2.06 bits per heavy atom. The summed E-state index contributed by atoms with van der Waals surface area (Å²) in [6, 6.07) is 0.324. The van der Waals surface area contributed by atoms with E-state index in [2.05, 4.69) is 4.90 Å². The van der Waals surface area contributed by atoms with Crippen molar-refractivity contribution in [2.45, 2.75) is 31.9 Å². The molecular weight excluding hydrogens is 218 g/mol. The molecule has 0 aromatic heterocycles. The fourth-order valence-corrected chi connectivity index (χ4v) is 2.45. The second-order valence-electron chi connectivity index (χ2n) is 5.13. The molecule has 1 amide bonds. The Morgan fingerprint density at radius 1 is 1.35 bits per heavy atom. The molecule has 0 aromatic rings. The van der Waals surface area contributed by atoms with Crippen LogP contribution in [0, 0.1) is 0 Å². The summed E-state index contributed by atoms with van der Waals surface area (Å²) in [6.07, 6.45) is 2.18. The van der Waals surface area contributed by atoms with Gasteiger partial charge in [-0.05, 0) is 19.8 Å². The van der Waals surface area contributed by atoms with Crippen molar-refractivity contribution in [1.82, 2.24) is 9.80 Å². The van der Waals surface area contributed by atoms with E-state index in [9.17, 15) is 4.79 Å². The third-order valence-electron chi connectivity index (χ3n) is 3.58. The number of hydrogen-bond donors (Lipinski definition) is 1. The topological polar surface area (TPSA) is 58.8 Å². The molecule has 2 saturated heterocycles. The van der Waals surface area contributed by atoms with Gasteiger partial charge in [0.05, 0.1) is 19.3 Å². The summed E-state index contributed by atoms with van der Waals surface area (Å²) in [5.41, 5.74) is 5.85. The molecule has 1 atom stereocenters. The average Bonchev–Trinajstić information content (AvgIpc) is 2.32. The standard InChI is InChI=1S/C12H23N3O2/c1-10-8-15(6-7-17-10)12(16)9-14-4-2-11(13)3-5-14/h10-11H,2-9,13H2,1H3. The number of likely N-dealkylation sites (tertiary alicyclic amines) is 1. The smallest absolute Gasteiger partial charge is 0.236 e.